The van der Waals surface area contributed by atoms with E-state index in [0.717, 1.165) is 25.9 Å². The van der Waals surface area contributed by atoms with Crippen LogP contribution >= 0.6 is 0 Å². The average Bonchev–Trinajstić information content (AvgIpc) is 2.97. The minimum Gasteiger partial charge on any atom is -0.493 e. The summed E-state index contributed by atoms with van der Waals surface area (Å²) in [5.41, 5.74) is -0.0696. The summed E-state index contributed by atoms with van der Waals surface area (Å²) in [7, 11) is 1.47. The molecule has 1 aliphatic rings. The van der Waals surface area contributed by atoms with E-state index < -0.39 is 11.0 Å². The van der Waals surface area contributed by atoms with Gasteiger partial charge in [-0.2, -0.15) is 0 Å². The molecule has 0 bridgehead atoms. The maximum absolute atomic E-state index is 10.8. The molecule has 0 spiro atoms. The predicted octanol–water partition coefficient (Wildman–Crippen LogP) is 1.44. The van der Waals surface area contributed by atoms with Crippen LogP contribution in [0.25, 0.3) is 0 Å². The van der Waals surface area contributed by atoms with Gasteiger partial charge in [-0.1, -0.05) is 0 Å². The largest absolute Gasteiger partial charge is 0.493 e. The normalized spacial score (nSPS) is 16.7. The van der Waals surface area contributed by atoms with Gasteiger partial charge < -0.3 is 19.5 Å². The van der Waals surface area contributed by atoms with E-state index in [0.29, 0.717) is 12.3 Å². The lowest BCUT2D eigenvalue weighted by Gasteiger charge is -2.20. The third-order valence-corrected chi connectivity index (χ3v) is 3.46. The summed E-state index contributed by atoms with van der Waals surface area (Å²) >= 11 is 0. The van der Waals surface area contributed by atoms with Gasteiger partial charge in [-0.05, 0) is 32.0 Å². The Kier molecular flexibility index (Phi) is 5.35. The van der Waals surface area contributed by atoms with Crippen molar-refractivity contribution in [1.29, 1.82) is 0 Å². The van der Waals surface area contributed by atoms with Gasteiger partial charge >= 0.3 is 0 Å². The van der Waals surface area contributed by atoms with Crippen molar-refractivity contribution in [2.75, 3.05) is 33.4 Å². The Morgan fingerprint density at radius 2 is 2.10 bits per heavy atom. The number of nitrogens with zero attached hydrogens (tertiary/aromatic N) is 2. The maximum atomic E-state index is 10.8. The minimum atomic E-state index is -0.632. The third-order valence-electron chi connectivity index (χ3n) is 3.46. The lowest BCUT2D eigenvalue weighted by molar-refractivity contribution is -0.385. The topological polar surface area (TPSA) is 85.1 Å². The minimum absolute atomic E-state index is 0.0696. The van der Waals surface area contributed by atoms with Gasteiger partial charge in [0, 0.05) is 12.6 Å². The number of non-ortho nitro benzene ring substituents is 1. The fourth-order valence-electron chi connectivity index (χ4n) is 2.39. The molecule has 0 aliphatic carbocycles. The number of methoxy groups -OCH3 is 1. The van der Waals surface area contributed by atoms with Gasteiger partial charge in [0.1, 0.15) is 12.7 Å². The molecule has 1 unspecified atom stereocenters. The molecular weight excluding hydrogens is 276 g/mol. The van der Waals surface area contributed by atoms with Crippen LogP contribution in [-0.4, -0.2) is 54.4 Å². The molecule has 1 aliphatic heterocycles. The van der Waals surface area contributed by atoms with Gasteiger partial charge in [0.15, 0.2) is 11.5 Å². The van der Waals surface area contributed by atoms with Gasteiger partial charge in [-0.3, -0.25) is 10.1 Å². The Balaban J connectivity index is 1.94. The highest BCUT2D eigenvalue weighted by molar-refractivity contribution is 5.48. The summed E-state index contributed by atoms with van der Waals surface area (Å²) in [6, 6.07) is 4.15. The van der Waals surface area contributed by atoms with Crippen LogP contribution in [-0.2, 0) is 0 Å². The van der Waals surface area contributed by atoms with Crippen molar-refractivity contribution in [3.63, 3.8) is 0 Å². The lowest BCUT2D eigenvalue weighted by Crippen LogP contribution is -2.33. The first-order valence-electron chi connectivity index (χ1n) is 6.96. The summed E-state index contributed by atoms with van der Waals surface area (Å²) in [6.45, 7) is 2.62. The number of ether oxygens (including phenoxy) is 2. The number of aliphatic hydroxyl groups is 1. The van der Waals surface area contributed by atoms with Gasteiger partial charge in [0.05, 0.1) is 18.1 Å². The highest BCUT2D eigenvalue weighted by Crippen LogP contribution is 2.31. The van der Waals surface area contributed by atoms with Crippen LogP contribution in [0.4, 0.5) is 5.69 Å². The number of hydrogen-bond acceptors (Lipinski definition) is 6. The molecule has 0 amide bonds. The zero-order valence-electron chi connectivity index (χ0n) is 12.0. The number of nitro benzene ring substituents is 1. The smallest absolute Gasteiger partial charge is 0.273 e. The number of aliphatic hydroxyl groups excluding tert-OH is 1. The maximum Gasteiger partial charge on any atom is 0.273 e. The number of nitro groups is 1. The molecule has 0 aromatic heterocycles. The molecule has 1 aromatic rings. The molecular formula is C14H20N2O5. The molecule has 116 valence electrons. The van der Waals surface area contributed by atoms with Crippen molar-refractivity contribution in [2.24, 2.45) is 0 Å². The Morgan fingerprint density at radius 1 is 1.38 bits per heavy atom. The number of β-amino-alcohol motifs (C(OH)–C–C–N with tert-alkyl or cyclic N) is 1. The summed E-state index contributed by atoms with van der Waals surface area (Å²) in [5, 5.41) is 20.7. The second-order valence-electron chi connectivity index (χ2n) is 5.06. The van der Waals surface area contributed by atoms with Crippen molar-refractivity contribution < 1.29 is 19.5 Å². The van der Waals surface area contributed by atoms with E-state index in [2.05, 4.69) is 4.90 Å². The van der Waals surface area contributed by atoms with Crippen molar-refractivity contribution in [2.45, 2.75) is 18.9 Å². The third kappa shape index (κ3) is 4.30. The summed E-state index contributed by atoms with van der Waals surface area (Å²) < 4.78 is 10.6. The summed E-state index contributed by atoms with van der Waals surface area (Å²) in [5.74, 6) is 0.682. The summed E-state index contributed by atoms with van der Waals surface area (Å²) in [6.07, 6.45) is 1.69. The standard InChI is InChI=1S/C14H20N2O5/c1-20-13-5-4-11(16(18)19)8-14(13)21-10-12(17)9-15-6-2-3-7-15/h4-5,8,12,17H,2-3,6-7,9-10H2,1H3. The first kappa shape index (κ1) is 15.5. The van der Waals surface area contributed by atoms with E-state index in [9.17, 15) is 15.2 Å². The molecule has 21 heavy (non-hydrogen) atoms. The fraction of sp³-hybridized carbons (Fsp3) is 0.571. The highest BCUT2D eigenvalue weighted by Gasteiger charge is 2.18. The van der Waals surface area contributed by atoms with Crippen LogP contribution in [0.15, 0.2) is 18.2 Å². The van der Waals surface area contributed by atoms with Gasteiger partial charge in [0.25, 0.3) is 5.69 Å². The molecule has 1 aromatic carbocycles. The van der Waals surface area contributed by atoms with Crippen molar-refractivity contribution >= 4 is 5.69 Å². The number of hydrogen-bond donors (Lipinski definition) is 1. The van der Waals surface area contributed by atoms with E-state index >= 15 is 0 Å². The molecule has 1 saturated heterocycles. The number of benzene rings is 1. The highest BCUT2D eigenvalue weighted by atomic mass is 16.6. The molecule has 1 heterocycles. The first-order valence-corrected chi connectivity index (χ1v) is 6.96. The molecule has 0 radical (unpaired) electrons. The molecule has 2 rings (SSSR count). The average molecular weight is 296 g/mol. The predicted molar refractivity (Wildman–Crippen MR) is 76.8 cm³/mol. The van der Waals surface area contributed by atoms with Crippen molar-refractivity contribution in [3.05, 3.63) is 28.3 Å². The SMILES string of the molecule is COc1ccc([N+](=O)[O-])cc1OCC(O)CN1CCCC1. The van der Waals surface area contributed by atoms with Crippen LogP contribution in [0.2, 0.25) is 0 Å². The van der Waals surface area contributed by atoms with Gasteiger partial charge in [0.2, 0.25) is 0 Å². The number of likely N-dealkylation sites (tertiary alicyclic amines) is 1. The Morgan fingerprint density at radius 3 is 2.71 bits per heavy atom. The molecule has 7 heteroatoms. The van der Waals surface area contributed by atoms with E-state index in [4.69, 9.17) is 9.47 Å². The second-order valence-corrected chi connectivity index (χ2v) is 5.06. The molecule has 1 N–H and O–H groups in total. The van der Waals surface area contributed by atoms with E-state index in [1.807, 2.05) is 0 Å². The monoisotopic (exact) mass is 296 g/mol. The quantitative estimate of drug-likeness (QED) is 0.605. The van der Waals surface area contributed by atoms with Crippen molar-refractivity contribution in [3.8, 4) is 11.5 Å². The Bertz CT molecular complexity index is 488. The van der Waals surface area contributed by atoms with E-state index in [1.165, 1.54) is 25.3 Å². The zero-order valence-corrected chi connectivity index (χ0v) is 12.0. The van der Waals surface area contributed by atoms with Crippen LogP contribution in [0, 0.1) is 10.1 Å². The molecule has 0 saturated carbocycles. The lowest BCUT2D eigenvalue weighted by atomic mass is 10.2. The molecule has 1 atom stereocenters. The van der Waals surface area contributed by atoms with Gasteiger partial charge in [-0.25, -0.2) is 0 Å². The summed E-state index contributed by atoms with van der Waals surface area (Å²) in [4.78, 5) is 12.5. The second kappa shape index (κ2) is 7.24. The van der Waals surface area contributed by atoms with E-state index in [-0.39, 0.29) is 18.0 Å². The van der Waals surface area contributed by atoms with Crippen LogP contribution in [0.1, 0.15) is 12.8 Å². The van der Waals surface area contributed by atoms with Crippen LogP contribution in [0.3, 0.4) is 0 Å². The Labute approximate surface area is 123 Å². The molecule has 7 nitrogen and oxygen atoms in total. The fourth-order valence-corrected chi connectivity index (χ4v) is 2.39. The van der Waals surface area contributed by atoms with E-state index in [1.54, 1.807) is 0 Å². The molecule has 1 fully saturated rings. The first-order chi connectivity index (χ1) is 10.1. The number of rotatable bonds is 7. The zero-order chi connectivity index (χ0) is 15.2. The van der Waals surface area contributed by atoms with Crippen LogP contribution < -0.4 is 9.47 Å². The van der Waals surface area contributed by atoms with Crippen molar-refractivity contribution in [1.82, 2.24) is 4.90 Å². The Hall–Kier alpha value is -1.86. The van der Waals surface area contributed by atoms with Gasteiger partial charge in [-0.15, -0.1) is 0 Å². The van der Waals surface area contributed by atoms with Crippen LogP contribution in [0.5, 0.6) is 11.5 Å².